The van der Waals surface area contributed by atoms with Crippen LogP contribution in [0.5, 0.6) is 0 Å². The van der Waals surface area contributed by atoms with Gasteiger partial charge >= 0.3 is 6.18 Å². The van der Waals surface area contributed by atoms with Gasteiger partial charge in [-0.2, -0.15) is 13.2 Å². The summed E-state index contributed by atoms with van der Waals surface area (Å²) in [6.07, 6.45) is -2.83. The van der Waals surface area contributed by atoms with Gasteiger partial charge in [0.05, 0.1) is 0 Å². The van der Waals surface area contributed by atoms with Crippen LogP contribution in [0, 0.1) is 0 Å². The van der Waals surface area contributed by atoms with Crippen molar-refractivity contribution in [3.05, 3.63) is 16.7 Å². The van der Waals surface area contributed by atoms with Crippen molar-refractivity contribution in [3.63, 3.8) is 0 Å². The van der Waals surface area contributed by atoms with E-state index in [1.54, 1.807) is 16.8 Å². The number of halogens is 4. The normalized spacial score (nSPS) is 12.2. The lowest BCUT2D eigenvalue weighted by molar-refractivity contribution is -0.135. The van der Waals surface area contributed by atoms with E-state index in [2.05, 4.69) is 25.9 Å². The first-order valence-electron chi connectivity index (χ1n) is 5.71. The molecule has 2 aromatic heterocycles. The summed E-state index contributed by atoms with van der Waals surface area (Å²) in [5, 5.41) is 0. The largest absolute Gasteiger partial charge is 0.389 e. The number of nitrogens with two attached hydrogens (primary N) is 1. The van der Waals surface area contributed by atoms with Crippen molar-refractivity contribution in [2.24, 2.45) is 0 Å². The van der Waals surface area contributed by atoms with Gasteiger partial charge in [0.15, 0.2) is 5.65 Å². The Kier molecular flexibility index (Phi) is 3.98. The second-order valence-corrected chi connectivity index (χ2v) is 5.11. The number of aryl methyl sites for hydroxylation is 1. The highest BCUT2D eigenvalue weighted by atomic mass is 79.9. The maximum absolute atomic E-state index is 12.0. The number of unbranched alkanes of at least 4 members (excludes halogenated alkanes) is 1. The fourth-order valence-corrected chi connectivity index (χ4v) is 2.14. The van der Waals surface area contributed by atoms with Gasteiger partial charge in [0.1, 0.15) is 5.52 Å². The Hall–Kier alpha value is -1.31. The van der Waals surface area contributed by atoms with E-state index < -0.39 is 12.6 Å². The lowest BCUT2D eigenvalue weighted by atomic mass is 10.2. The molecule has 0 aliphatic rings. The van der Waals surface area contributed by atoms with Crippen LogP contribution in [0.15, 0.2) is 16.7 Å². The molecule has 0 unspecified atom stereocenters. The molecule has 0 bridgehead atoms. The van der Waals surface area contributed by atoms with Crippen LogP contribution >= 0.6 is 15.9 Å². The molecule has 2 aromatic rings. The molecule has 2 heterocycles. The number of nitrogen functional groups attached to an aromatic ring is 1. The fourth-order valence-electron chi connectivity index (χ4n) is 1.82. The molecule has 0 saturated heterocycles. The van der Waals surface area contributed by atoms with Gasteiger partial charge in [-0.05, 0) is 34.8 Å². The second-order valence-electron chi connectivity index (χ2n) is 4.19. The number of rotatable bonds is 4. The summed E-state index contributed by atoms with van der Waals surface area (Å²) < 4.78 is 38.5. The Morgan fingerprint density at radius 3 is 2.74 bits per heavy atom. The van der Waals surface area contributed by atoms with Crippen molar-refractivity contribution < 1.29 is 13.2 Å². The van der Waals surface area contributed by atoms with Gasteiger partial charge in [-0.25, -0.2) is 9.97 Å². The standard InChI is InChI=1S/C11H12BrF3N4/c12-7-5-8-9(17-6-7)19(10(16)18-8)4-2-1-3-11(13,14)15/h5-6H,1-4H2,(H2,16,18). The summed E-state index contributed by atoms with van der Waals surface area (Å²) in [5.74, 6) is 0.271. The quantitative estimate of drug-likeness (QED) is 0.869. The number of pyridine rings is 1. The Bertz CT molecular complexity index is 579. The first kappa shape index (κ1) is 14.1. The Balaban J connectivity index is 2.06. The minimum Gasteiger partial charge on any atom is -0.369 e. The van der Waals surface area contributed by atoms with Crippen molar-refractivity contribution in [2.45, 2.75) is 32.0 Å². The number of nitrogens with zero attached hydrogens (tertiary/aromatic N) is 3. The third-order valence-corrected chi connectivity index (χ3v) is 3.11. The Morgan fingerprint density at radius 1 is 1.32 bits per heavy atom. The zero-order valence-corrected chi connectivity index (χ0v) is 11.5. The predicted octanol–water partition coefficient (Wildman–Crippen LogP) is 3.51. The van der Waals surface area contributed by atoms with E-state index in [9.17, 15) is 13.2 Å². The van der Waals surface area contributed by atoms with Crippen molar-refractivity contribution in [1.29, 1.82) is 0 Å². The highest BCUT2D eigenvalue weighted by Gasteiger charge is 2.25. The third kappa shape index (κ3) is 3.59. The molecule has 0 fully saturated rings. The number of anilines is 1. The summed E-state index contributed by atoms with van der Waals surface area (Å²) in [6, 6.07) is 1.77. The minimum atomic E-state index is -4.11. The molecular weight excluding hydrogens is 325 g/mol. The highest BCUT2D eigenvalue weighted by molar-refractivity contribution is 9.10. The smallest absolute Gasteiger partial charge is 0.369 e. The molecule has 0 radical (unpaired) electrons. The number of fused-ring (bicyclic) bond motifs is 1. The molecule has 104 valence electrons. The average Bonchev–Trinajstić information content (AvgIpc) is 2.58. The molecule has 4 nitrogen and oxygen atoms in total. The van der Waals surface area contributed by atoms with E-state index in [1.807, 2.05) is 0 Å². The van der Waals surface area contributed by atoms with Crippen LogP contribution in [-0.4, -0.2) is 20.7 Å². The van der Waals surface area contributed by atoms with E-state index in [4.69, 9.17) is 5.73 Å². The topological polar surface area (TPSA) is 56.7 Å². The highest BCUT2D eigenvalue weighted by Crippen LogP contribution is 2.24. The monoisotopic (exact) mass is 336 g/mol. The molecule has 0 amide bonds. The summed E-state index contributed by atoms with van der Waals surface area (Å²) in [4.78, 5) is 8.31. The third-order valence-electron chi connectivity index (χ3n) is 2.67. The summed E-state index contributed by atoms with van der Waals surface area (Å²) in [7, 11) is 0. The van der Waals surface area contributed by atoms with Crippen LogP contribution in [0.1, 0.15) is 19.3 Å². The van der Waals surface area contributed by atoms with Gasteiger partial charge in [0, 0.05) is 23.6 Å². The zero-order chi connectivity index (χ0) is 14.0. The Morgan fingerprint density at radius 2 is 2.05 bits per heavy atom. The van der Waals surface area contributed by atoms with Crippen molar-refractivity contribution >= 4 is 33.0 Å². The minimum absolute atomic E-state index is 0.0686. The van der Waals surface area contributed by atoms with Crippen LogP contribution in [0.2, 0.25) is 0 Å². The van der Waals surface area contributed by atoms with Crippen LogP contribution < -0.4 is 5.73 Å². The molecule has 0 aliphatic carbocycles. The molecule has 0 aromatic carbocycles. The second kappa shape index (κ2) is 5.36. The summed E-state index contributed by atoms with van der Waals surface area (Å²) in [5.41, 5.74) is 6.96. The van der Waals surface area contributed by atoms with Gasteiger partial charge in [-0.1, -0.05) is 0 Å². The number of imidazole rings is 1. The van der Waals surface area contributed by atoms with Crippen molar-refractivity contribution in [1.82, 2.24) is 14.5 Å². The average molecular weight is 337 g/mol. The van der Waals surface area contributed by atoms with Crippen molar-refractivity contribution in [2.75, 3.05) is 5.73 Å². The summed E-state index contributed by atoms with van der Waals surface area (Å²) >= 11 is 3.27. The molecule has 0 saturated carbocycles. The lowest BCUT2D eigenvalue weighted by Gasteiger charge is -2.07. The molecule has 0 spiro atoms. The van der Waals surface area contributed by atoms with Gasteiger partial charge in [0.2, 0.25) is 5.95 Å². The van der Waals surface area contributed by atoms with E-state index in [0.717, 1.165) is 4.47 Å². The molecule has 2 N–H and O–H groups in total. The molecule has 0 aliphatic heterocycles. The predicted molar refractivity (Wildman–Crippen MR) is 69.5 cm³/mol. The number of alkyl halides is 3. The number of hydrogen-bond acceptors (Lipinski definition) is 3. The van der Waals surface area contributed by atoms with Crippen LogP contribution in [-0.2, 0) is 6.54 Å². The van der Waals surface area contributed by atoms with Gasteiger partial charge < -0.3 is 5.73 Å². The first-order chi connectivity index (χ1) is 8.87. The maximum atomic E-state index is 12.0. The number of aromatic nitrogens is 3. The van der Waals surface area contributed by atoms with Gasteiger partial charge in [-0.15, -0.1) is 0 Å². The molecule has 19 heavy (non-hydrogen) atoms. The van der Waals surface area contributed by atoms with Crippen LogP contribution in [0.25, 0.3) is 11.2 Å². The van der Waals surface area contributed by atoms with Gasteiger partial charge in [0.25, 0.3) is 0 Å². The van der Waals surface area contributed by atoms with E-state index in [-0.39, 0.29) is 12.4 Å². The fraction of sp³-hybridized carbons (Fsp3) is 0.455. The van der Waals surface area contributed by atoms with Crippen LogP contribution in [0.4, 0.5) is 19.1 Å². The SMILES string of the molecule is Nc1nc2cc(Br)cnc2n1CCCCC(F)(F)F. The van der Waals surface area contributed by atoms with E-state index in [1.165, 1.54) is 0 Å². The lowest BCUT2D eigenvalue weighted by Crippen LogP contribution is -2.08. The van der Waals surface area contributed by atoms with Crippen LogP contribution in [0.3, 0.4) is 0 Å². The van der Waals surface area contributed by atoms with E-state index >= 15 is 0 Å². The molecule has 2 rings (SSSR count). The van der Waals surface area contributed by atoms with Gasteiger partial charge in [-0.3, -0.25) is 4.57 Å². The molecule has 8 heteroatoms. The number of hydrogen-bond donors (Lipinski definition) is 1. The van der Waals surface area contributed by atoms with E-state index in [0.29, 0.717) is 24.1 Å². The Labute approximate surface area is 116 Å². The molecular formula is C11H12BrF3N4. The summed E-state index contributed by atoms with van der Waals surface area (Å²) in [6.45, 7) is 0.382. The maximum Gasteiger partial charge on any atom is 0.389 e. The molecule has 0 atom stereocenters. The zero-order valence-electron chi connectivity index (χ0n) is 9.91. The first-order valence-corrected chi connectivity index (χ1v) is 6.50. The van der Waals surface area contributed by atoms with Crippen molar-refractivity contribution in [3.8, 4) is 0 Å².